The van der Waals surface area contributed by atoms with Crippen molar-refractivity contribution in [3.63, 3.8) is 0 Å². The first-order chi connectivity index (χ1) is 11.6. The maximum atomic E-state index is 12.4. The molecule has 0 saturated carbocycles. The number of rotatable bonds is 4. The van der Waals surface area contributed by atoms with Gasteiger partial charge in [0.25, 0.3) is 5.69 Å². The van der Waals surface area contributed by atoms with Crippen molar-refractivity contribution in [3.05, 3.63) is 74.6 Å². The first kappa shape index (κ1) is 15.4. The molecule has 0 aliphatic rings. The zero-order valence-corrected chi connectivity index (χ0v) is 12.6. The summed E-state index contributed by atoms with van der Waals surface area (Å²) in [7, 11) is 1.44. The van der Waals surface area contributed by atoms with Crippen molar-refractivity contribution in [3.8, 4) is 5.75 Å². The SMILES string of the molecule is COc1ccc([N+](=O)[O-])cc1N=Cc1coc2ccccc2c1=O. The summed E-state index contributed by atoms with van der Waals surface area (Å²) in [5, 5.41) is 11.3. The molecule has 0 aliphatic carbocycles. The number of hydrogen-bond acceptors (Lipinski definition) is 6. The van der Waals surface area contributed by atoms with Gasteiger partial charge < -0.3 is 9.15 Å². The highest BCUT2D eigenvalue weighted by Crippen LogP contribution is 2.31. The van der Waals surface area contributed by atoms with E-state index in [0.717, 1.165) is 0 Å². The summed E-state index contributed by atoms with van der Waals surface area (Å²) >= 11 is 0. The maximum Gasteiger partial charge on any atom is 0.271 e. The molecule has 0 amide bonds. The number of non-ortho nitro benzene ring substituents is 1. The minimum Gasteiger partial charge on any atom is -0.494 e. The number of nitro groups is 1. The fourth-order valence-electron chi connectivity index (χ4n) is 2.21. The van der Waals surface area contributed by atoms with Crippen LogP contribution in [-0.4, -0.2) is 18.2 Å². The molecule has 0 radical (unpaired) electrons. The van der Waals surface area contributed by atoms with E-state index in [1.165, 1.54) is 37.8 Å². The van der Waals surface area contributed by atoms with Gasteiger partial charge in [-0.1, -0.05) is 12.1 Å². The molecule has 24 heavy (non-hydrogen) atoms. The second-order valence-electron chi connectivity index (χ2n) is 4.89. The third kappa shape index (κ3) is 2.87. The number of benzene rings is 2. The highest BCUT2D eigenvalue weighted by atomic mass is 16.6. The van der Waals surface area contributed by atoms with Gasteiger partial charge in [-0.3, -0.25) is 19.9 Å². The second kappa shape index (κ2) is 6.33. The molecule has 0 bridgehead atoms. The minimum absolute atomic E-state index is 0.117. The van der Waals surface area contributed by atoms with Crippen LogP contribution in [0.1, 0.15) is 5.56 Å². The van der Waals surface area contributed by atoms with Gasteiger partial charge in [0.05, 0.1) is 23.0 Å². The number of para-hydroxylation sites is 1. The fraction of sp³-hybridized carbons (Fsp3) is 0.0588. The Morgan fingerprint density at radius 1 is 1.25 bits per heavy atom. The van der Waals surface area contributed by atoms with Crippen LogP contribution in [-0.2, 0) is 0 Å². The number of aliphatic imine (C=N–C) groups is 1. The molecule has 1 heterocycles. The zero-order valence-electron chi connectivity index (χ0n) is 12.6. The summed E-state index contributed by atoms with van der Waals surface area (Å²) in [6, 6.07) is 10.9. The van der Waals surface area contributed by atoms with E-state index in [4.69, 9.17) is 9.15 Å². The van der Waals surface area contributed by atoms with Crippen LogP contribution in [0.5, 0.6) is 5.75 Å². The summed E-state index contributed by atoms with van der Waals surface area (Å²) < 4.78 is 10.5. The van der Waals surface area contributed by atoms with E-state index in [2.05, 4.69) is 4.99 Å². The van der Waals surface area contributed by atoms with E-state index < -0.39 is 4.92 Å². The van der Waals surface area contributed by atoms with E-state index >= 15 is 0 Å². The van der Waals surface area contributed by atoms with Crippen molar-refractivity contribution in [1.29, 1.82) is 0 Å². The van der Waals surface area contributed by atoms with Crippen LogP contribution in [0.4, 0.5) is 11.4 Å². The third-order valence-corrected chi connectivity index (χ3v) is 3.42. The quantitative estimate of drug-likeness (QED) is 0.416. The van der Waals surface area contributed by atoms with E-state index in [9.17, 15) is 14.9 Å². The Hall–Kier alpha value is -3.48. The van der Waals surface area contributed by atoms with Crippen molar-refractivity contribution in [2.45, 2.75) is 0 Å². The Morgan fingerprint density at radius 2 is 2.04 bits per heavy atom. The van der Waals surface area contributed by atoms with Crippen LogP contribution in [0, 0.1) is 10.1 Å². The van der Waals surface area contributed by atoms with Crippen LogP contribution in [0.3, 0.4) is 0 Å². The van der Waals surface area contributed by atoms with Crippen molar-refractivity contribution >= 4 is 28.6 Å². The van der Waals surface area contributed by atoms with E-state index in [-0.39, 0.29) is 22.4 Å². The summed E-state index contributed by atoms with van der Waals surface area (Å²) in [6.45, 7) is 0. The number of nitro benzene ring substituents is 1. The second-order valence-corrected chi connectivity index (χ2v) is 4.89. The molecule has 0 atom stereocenters. The number of nitrogens with zero attached hydrogens (tertiary/aromatic N) is 2. The summed E-state index contributed by atoms with van der Waals surface area (Å²) in [5.41, 5.74) is 0.618. The van der Waals surface area contributed by atoms with Crippen LogP contribution in [0.15, 0.2) is 62.9 Å². The Morgan fingerprint density at radius 3 is 2.79 bits per heavy atom. The highest BCUT2D eigenvalue weighted by molar-refractivity contribution is 5.87. The number of methoxy groups -OCH3 is 1. The van der Waals surface area contributed by atoms with Gasteiger partial charge in [-0.05, 0) is 18.2 Å². The molecule has 0 fully saturated rings. The molecule has 3 rings (SSSR count). The lowest BCUT2D eigenvalue weighted by molar-refractivity contribution is -0.384. The van der Waals surface area contributed by atoms with Crippen molar-refractivity contribution in [2.75, 3.05) is 7.11 Å². The van der Waals surface area contributed by atoms with Gasteiger partial charge in [0, 0.05) is 18.3 Å². The lowest BCUT2D eigenvalue weighted by Crippen LogP contribution is -2.07. The third-order valence-electron chi connectivity index (χ3n) is 3.42. The van der Waals surface area contributed by atoms with Crippen LogP contribution >= 0.6 is 0 Å². The molecule has 3 aromatic rings. The van der Waals surface area contributed by atoms with Gasteiger partial charge in [-0.15, -0.1) is 0 Å². The number of ether oxygens (including phenoxy) is 1. The molecule has 0 N–H and O–H groups in total. The minimum atomic E-state index is -0.525. The van der Waals surface area contributed by atoms with Crippen molar-refractivity contribution in [2.24, 2.45) is 4.99 Å². The van der Waals surface area contributed by atoms with Crippen LogP contribution in [0.2, 0.25) is 0 Å². The molecule has 0 saturated heterocycles. The van der Waals surface area contributed by atoms with Gasteiger partial charge in [0.2, 0.25) is 5.43 Å². The largest absolute Gasteiger partial charge is 0.494 e. The van der Waals surface area contributed by atoms with Crippen LogP contribution in [0.25, 0.3) is 11.0 Å². The van der Waals surface area contributed by atoms with E-state index in [0.29, 0.717) is 16.7 Å². The first-order valence-electron chi connectivity index (χ1n) is 6.97. The van der Waals surface area contributed by atoms with Crippen molar-refractivity contribution in [1.82, 2.24) is 0 Å². The molecule has 7 nitrogen and oxygen atoms in total. The average molecular weight is 324 g/mol. The van der Waals surface area contributed by atoms with Gasteiger partial charge in [0.1, 0.15) is 23.3 Å². The molecule has 7 heteroatoms. The summed E-state index contributed by atoms with van der Waals surface area (Å²) in [4.78, 5) is 26.9. The first-order valence-corrected chi connectivity index (χ1v) is 6.97. The summed E-state index contributed by atoms with van der Waals surface area (Å²) in [6.07, 6.45) is 2.61. The van der Waals surface area contributed by atoms with Gasteiger partial charge in [-0.25, -0.2) is 0 Å². The van der Waals surface area contributed by atoms with Crippen molar-refractivity contribution < 1.29 is 14.1 Å². The maximum absolute atomic E-state index is 12.4. The standard InChI is InChI=1S/C17H12N2O5/c1-23-16-7-6-12(19(21)22)8-14(16)18-9-11-10-24-15-5-3-2-4-13(15)17(11)20/h2-10H,1H3. The molecule has 0 aliphatic heterocycles. The molecular weight excluding hydrogens is 312 g/mol. The Kier molecular flexibility index (Phi) is 4.07. The molecule has 1 aromatic heterocycles. The van der Waals surface area contributed by atoms with E-state index in [1.807, 2.05) is 0 Å². The molecular formula is C17H12N2O5. The normalized spacial score (nSPS) is 11.0. The lowest BCUT2D eigenvalue weighted by atomic mass is 10.2. The van der Waals surface area contributed by atoms with Gasteiger partial charge >= 0.3 is 0 Å². The van der Waals surface area contributed by atoms with E-state index in [1.54, 1.807) is 24.3 Å². The Balaban J connectivity index is 2.05. The molecule has 0 unspecified atom stereocenters. The van der Waals surface area contributed by atoms with Gasteiger partial charge in [0.15, 0.2) is 0 Å². The Bertz CT molecular complexity index is 1010. The van der Waals surface area contributed by atoms with Gasteiger partial charge in [-0.2, -0.15) is 0 Å². The topological polar surface area (TPSA) is 94.9 Å². The monoisotopic (exact) mass is 324 g/mol. The predicted octanol–water partition coefficient (Wildman–Crippen LogP) is 3.46. The Labute approximate surface area is 136 Å². The zero-order chi connectivity index (χ0) is 17.1. The average Bonchev–Trinajstić information content (AvgIpc) is 2.61. The number of hydrogen-bond donors (Lipinski definition) is 0. The molecule has 2 aromatic carbocycles. The molecule has 120 valence electrons. The highest BCUT2D eigenvalue weighted by Gasteiger charge is 2.11. The predicted molar refractivity (Wildman–Crippen MR) is 89.4 cm³/mol. The van der Waals surface area contributed by atoms with Crippen LogP contribution < -0.4 is 10.2 Å². The lowest BCUT2D eigenvalue weighted by Gasteiger charge is -2.03. The summed E-state index contributed by atoms with van der Waals surface area (Å²) in [5.74, 6) is 0.363. The number of fused-ring (bicyclic) bond motifs is 1. The fourth-order valence-corrected chi connectivity index (χ4v) is 2.21. The molecule has 0 spiro atoms. The smallest absolute Gasteiger partial charge is 0.271 e.